The minimum atomic E-state index is -0.799. The van der Waals surface area contributed by atoms with E-state index < -0.39 is 22.6 Å². The van der Waals surface area contributed by atoms with Crippen molar-refractivity contribution in [2.24, 2.45) is 11.8 Å². The summed E-state index contributed by atoms with van der Waals surface area (Å²) in [6.45, 7) is 6.38. The first kappa shape index (κ1) is 28.5. The third-order valence-corrected chi connectivity index (χ3v) is 10.9. The number of aliphatic hydroxyl groups excluding tert-OH is 1. The Morgan fingerprint density at radius 3 is 2.46 bits per heavy atom. The highest BCUT2D eigenvalue weighted by molar-refractivity contribution is 8.02. The summed E-state index contributed by atoms with van der Waals surface area (Å²) in [4.78, 5) is 50.7. The maximum Gasteiger partial charge on any atom is 0.247 e. The highest BCUT2D eigenvalue weighted by Crippen LogP contribution is 2.61. The van der Waals surface area contributed by atoms with Gasteiger partial charge in [-0.15, -0.1) is 11.8 Å². The topological polar surface area (TPSA) is 93.6 Å². The van der Waals surface area contributed by atoms with Crippen LogP contribution in [0.5, 0.6) is 0 Å². The number of unbranched alkanes of at least 4 members (excludes halogenated alkanes) is 1. The summed E-state index contributed by atoms with van der Waals surface area (Å²) >= 11 is 1.63. The molecule has 6 rings (SSSR count). The third kappa shape index (κ3) is 5.35. The second-order valence-electron chi connectivity index (χ2n) is 11.6. The number of hydrogen-bond donors (Lipinski definition) is 1. The van der Waals surface area contributed by atoms with Crippen LogP contribution < -0.4 is 0 Å². The van der Waals surface area contributed by atoms with Gasteiger partial charge in [0.15, 0.2) is 0 Å². The predicted molar refractivity (Wildman–Crippen MR) is 157 cm³/mol. The number of nitrogens with zero attached hydrogens (tertiary/aromatic N) is 4. The molecule has 0 aromatic heterocycles. The molecule has 0 saturated carbocycles. The fraction of sp³-hybridized carbons (Fsp3) is 0.581. The number of ether oxygens (including phenoxy) is 1. The molecule has 5 aliphatic heterocycles. The largest absolute Gasteiger partial charge is 0.396 e. The average molecular weight is 581 g/mol. The number of hydrogen-bond acceptors (Lipinski definition) is 7. The van der Waals surface area contributed by atoms with Crippen LogP contribution in [0.2, 0.25) is 0 Å². The van der Waals surface area contributed by atoms with E-state index in [0.717, 1.165) is 25.2 Å². The summed E-state index contributed by atoms with van der Waals surface area (Å²) in [5.74, 6) is -1.30. The highest BCUT2D eigenvalue weighted by atomic mass is 32.2. The molecule has 1 N–H and O–H groups in total. The molecule has 3 amide bonds. The van der Waals surface area contributed by atoms with Gasteiger partial charge in [-0.25, -0.2) is 0 Å². The zero-order valence-electron chi connectivity index (χ0n) is 23.5. The van der Waals surface area contributed by atoms with Gasteiger partial charge in [-0.3, -0.25) is 19.3 Å². The number of thioether (sulfide) groups is 1. The summed E-state index contributed by atoms with van der Waals surface area (Å²) in [5, 5.41) is 9.27. The highest BCUT2D eigenvalue weighted by Gasteiger charge is 2.70. The SMILES string of the molecule is O=C1C2N(CCCCO)C(=O)[C@@H]3[C@@H]4C(=O)N(Cc5ccccc5)CC=C[C@@H]4S[C@]23C=CCN1CCN1CCOCC1. The van der Waals surface area contributed by atoms with Gasteiger partial charge in [0.1, 0.15) is 6.04 Å². The Balaban J connectivity index is 1.30. The summed E-state index contributed by atoms with van der Waals surface area (Å²) in [6.07, 6.45) is 9.43. The molecule has 0 radical (unpaired) electrons. The molecule has 3 saturated heterocycles. The van der Waals surface area contributed by atoms with Crippen molar-refractivity contribution < 1.29 is 24.2 Å². The first-order valence-electron chi connectivity index (χ1n) is 14.9. The zero-order valence-corrected chi connectivity index (χ0v) is 24.3. The lowest BCUT2D eigenvalue weighted by molar-refractivity contribution is -0.144. The Labute approximate surface area is 246 Å². The minimum Gasteiger partial charge on any atom is -0.396 e. The first-order chi connectivity index (χ1) is 20.0. The quantitative estimate of drug-likeness (QED) is 0.349. The number of benzene rings is 1. The van der Waals surface area contributed by atoms with Gasteiger partial charge in [0.25, 0.3) is 0 Å². The zero-order chi connectivity index (χ0) is 28.4. The summed E-state index contributed by atoms with van der Waals surface area (Å²) in [6, 6.07) is 9.27. The molecule has 3 fully saturated rings. The molecule has 1 aromatic carbocycles. The van der Waals surface area contributed by atoms with Crippen LogP contribution in [-0.4, -0.2) is 124 Å². The number of aliphatic hydroxyl groups is 1. The molecule has 10 heteroatoms. The Morgan fingerprint density at radius 1 is 0.902 bits per heavy atom. The number of amides is 3. The van der Waals surface area contributed by atoms with Crippen molar-refractivity contribution in [3.63, 3.8) is 0 Å². The number of likely N-dealkylation sites (tertiary alicyclic amines) is 1. The fourth-order valence-electron chi connectivity index (χ4n) is 7.10. The molecule has 220 valence electrons. The van der Waals surface area contributed by atoms with E-state index in [4.69, 9.17) is 4.74 Å². The van der Waals surface area contributed by atoms with Gasteiger partial charge in [0.05, 0.1) is 29.8 Å². The molecular formula is C31H40N4O5S. The molecule has 5 heterocycles. The Morgan fingerprint density at radius 2 is 1.68 bits per heavy atom. The number of carbonyl (C=O) groups excluding carboxylic acids is 3. The molecule has 9 nitrogen and oxygen atoms in total. The van der Waals surface area contributed by atoms with E-state index in [1.54, 1.807) is 16.7 Å². The van der Waals surface area contributed by atoms with Crippen molar-refractivity contribution in [2.75, 3.05) is 65.6 Å². The molecule has 0 bridgehead atoms. The molecule has 1 aromatic rings. The number of rotatable bonds is 9. The lowest BCUT2D eigenvalue weighted by Gasteiger charge is -2.36. The molecule has 1 spiro atoms. The Kier molecular flexibility index (Phi) is 8.53. The molecule has 0 aliphatic carbocycles. The Bertz CT molecular complexity index is 1190. The van der Waals surface area contributed by atoms with E-state index in [0.29, 0.717) is 58.8 Å². The van der Waals surface area contributed by atoms with Gasteiger partial charge >= 0.3 is 0 Å². The van der Waals surface area contributed by atoms with E-state index in [9.17, 15) is 19.5 Å². The van der Waals surface area contributed by atoms with Crippen molar-refractivity contribution in [2.45, 2.75) is 35.4 Å². The van der Waals surface area contributed by atoms with Crippen LogP contribution in [0.4, 0.5) is 0 Å². The second kappa shape index (κ2) is 12.3. The van der Waals surface area contributed by atoms with Crippen molar-refractivity contribution in [3.05, 3.63) is 60.2 Å². The standard InChI is InChI=1S/C31H40N4O5S/c36-19-5-4-14-35-27-30(39)33(16-15-32-17-20-40-21-18-32)13-7-11-31(27)26(29(35)38)25-24(41-31)10-6-12-34(28(25)37)22-23-8-2-1-3-9-23/h1-3,6-11,24-27,36H,4-5,12-22H2/t24-,25+,26-,27?,31-/m0/s1. The molecule has 5 atom stereocenters. The van der Waals surface area contributed by atoms with Gasteiger partial charge in [-0.1, -0.05) is 54.6 Å². The average Bonchev–Trinajstić information content (AvgIpc) is 3.31. The normalized spacial score (nSPS) is 31.7. The van der Waals surface area contributed by atoms with Gasteiger partial charge < -0.3 is 24.5 Å². The minimum absolute atomic E-state index is 0.0168. The van der Waals surface area contributed by atoms with Crippen LogP contribution in [0.3, 0.4) is 0 Å². The van der Waals surface area contributed by atoms with Gasteiger partial charge in [-0.2, -0.15) is 0 Å². The maximum atomic E-state index is 14.4. The van der Waals surface area contributed by atoms with Crippen molar-refractivity contribution in [1.82, 2.24) is 19.6 Å². The fourth-order valence-corrected chi connectivity index (χ4v) is 9.11. The van der Waals surface area contributed by atoms with Crippen molar-refractivity contribution >= 4 is 29.5 Å². The maximum absolute atomic E-state index is 14.4. The van der Waals surface area contributed by atoms with Gasteiger partial charge in [0.2, 0.25) is 17.7 Å². The number of fused-ring (bicyclic) bond motifs is 2. The van der Waals surface area contributed by atoms with E-state index in [2.05, 4.69) is 17.1 Å². The summed E-state index contributed by atoms with van der Waals surface area (Å²) in [5.41, 5.74) is 1.05. The second-order valence-corrected chi connectivity index (χ2v) is 13.1. The van der Waals surface area contributed by atoms with Crippen LogP contribution >= 0.6 is 11.8 Å². The van der Waals surface area contributed by atoms with Crippen molar-refractivity contribution in [1.29, 1.82) is 0 Å². The number of morpholine rings is 1. The van der Waals surface area contributed by atoms with Crippen molar-refractivity contribution in [3.8, 4) is 0 Å². The lowest BCUT2D eigenvalue weighted by Crippen LogP contribution is -2.54. The molecule has 41 heavy (non-hydrogen) atoms. The van der Waals surface area contributed by atoms with Gasteiger partial charge in [0, 0.05) is 64.2 Å². The van der Waals surface area contributed by atoms with E-state index in [1.807, 2.05) is 52.3 Å². The lowest BCUT2D eigenvalue weighted by atomic mass is 9.78. The first-order valence-corrected chi connectivity index (χ1v) is 15.8. The van der Waals surface area contributed by atoms with Crippen LogP contribution in [0, 0.1) is 11.8 Å². The smallest absolute Gasteiger partial charge is 0.247 e. The van der Waals surface area contributed by atoms with E-state index >= 15 is 0 Å². The van der Waals surface area contributed by atoms with Crippen LogP contribution in [-0.2, 0) is 25.7 Å². The molecule has 5 aliphatic rings. The van der Waals surface area contributed by atoms with E-state index in [-0.39, 0.29) is 29.6 Å². The summed E-state index contributed by atoms with van der Waals surface area (Å²) in [7, 11) is 0. The van der Waals surface area contributed by atoms with Crippen LogP contribution in [0.1, 0.15) is 18.4 Å². The third-order valence-electron chi connectivity index (χ3n) is 9.14. The summed E-state index contributed by atoms with van der Waals surface area (Å²) < 4.78 is 4.68. The van der Waals surface area contributed by atoms with Crippen LogP contribution in [0.15, 0.2) is 54.6 Å². The monoisotopic (exact) mass is 580 g/mol. The van der Waals surface area contributed by atoms with Crippen LogP contribution in [0.25, 0.3) is 0 Å². The van der Waals surface area contributed by atoms with Gasteiger partial charge in [-0.05, 0) is 18.4 Å². The molecular weight excluding hydrogens is 540 g/mol. The predicted octanol–water partition coefficient (Wildman–Crippen LogP) is 1.39. The van der Waals surface area contributed by atoms with E-state index in [1.165, 1.54) is 0 Å². The molecule has 1 unspecified atom stereocenters. The Hall–Kier alpha value is -2.66. The number of carbonyl (C=O) groups is 3.